The first-order valence-electron chi connectivity index (χ1n) is 7.76. The molecule has 4 nitrogen and oxygen atoms in total. The Hall–Kier alpha value is -1.17. The summed E-state index contributed by atoms with van der Waals surface area (Å²) in [5.74, 6) is 0.100. The van der Waals surface area contributed by atoms with Crippen molar-refractivity contribution in [1.82, 2.24) is 10.2 Å². The molecule has 2 saturated heterocycles. The molecule has 0 aromatic heterocycles. The fraction of sp³-hybridized carbons (Fsp3) is 0.625. The SMILES string of the molecule is Oc1ccc([C@@H](C2CCOCC2)N2CCNCC2)c(F)c1. The van der Waals surface area contributed by atoms with Gasteiger partial charge in [-0.2, -0.15) is 0 Å². The molecule has 1 aromatic rings. The van der Waals surface area contributed by atoms with Crippen molar-refractivity contribution in [2.75, 3.05) is 39.4 Å². The van der Waals surface area contributed by atoms with E-state index >= 15 is 0 Å². The van der Waals surface area contributed by atoms with E-state index in [0.717, 1.165) is 52.2 Å². The molecule has 1 atom stereocenters. The monoisotopic (exact) mass is 294 g/mol. The van der Waals surface area contributed by atoms with Crippen LogP contribution in [-0.2, 0) is 4.74 Å². The highest BCUT2D eigenvalue weighted by Crippen LogP contribution is 2.37. The van der Waals surface area contributed by atoms with Gasteiger partial charge in [-0.05, 0) is 24.8 Å². The number of phenolic OH excluding ortho intramolecular Hbond substituents is 1. The van der Waals surface area contributed by atoms with Gasteiger partial charge in [0.05, 0.1) is 0 Å². The van der Waals surface area contributed by atoms with E-state index < -0.39 is 0 Å². The smallest absolute Gasteiger partial charge is 0.131 e. The van der Waals surface area contributed by atoms with Crippen molar-refractivity contribution >= 4 is 0 Å². The number of ether oxygens (including phenoxy) is 1. The van der Waals surface area contributed by atoms with Crippen LogP contribution in [0.15, 0.2) is 18.2 Å². The van der Waals surface area contributed by atoms with Crippen LogP contribution in [-0.4, -0.2) is 49.4 Å². The second kappa shape index (κ2) is 6.73. The van der Waals surface area contributed by atoms with Crippen LogP contribution in [0.25, 0.3) is 0 Å². The lowest BCUT2D eigenvalue weighted by Gasteiger charge is -2.41. The quantitative estimate of drug-likeness (QED) is 0.894. The topological polar surface area (TPSA) is 44.7 Å². The van der Waals surface area contributed by atoms with Crippen LogP contribution < -0.4 is 5.32 Å². The number of hydrogen-bond donors (Lipinski definition) is 2. The Balaban J connectivity index is 1.89. The van der Waals surface area contributed by atoms with Crippen molar-refractivity contribution in [2.45, 2.75) is 18.9 Å². The van der Waals surface area contributed by atoms with Crippen LogP contribution in [0.5, 0.6) is 5.75 Å². The summed E-state index contributed by atoms with van der Waals surface area (Å²) < 4.78 is 19.8. The Morgan fingerprint density at radius 2 is 1.95 bits per heavy atom. The number of benzene rings is 1. The number of rotatable bonds is 3. The summed E-state index contributed by atoms with van der Waals surface area (Å²) in [7, 11) is 0. The minimum Gasteiger partial charge on any atom is -0.508 e. The second-order valence-electron chi connectivity index (χ2n) is 5.89. The van der Waals surface area contributed by atoms with E-state index in [1.54, 1.807) is 12.1 Å². The van der Waals surface area contributed by atoms with Crippen molar-refractivity contribution in [3.8, 4) is 5.75 Å². The average molecular weight is 294 g/mol. The predicted octanol–water partition coefficient (Wildman–Crippen LogP) is 1.90. The molecule has 0 amide bonds. The van der Waals surface area contributed by atoms with Gasteiger partial charge < -0.3 is 15.2 Å². The predicted molar refractivity (Wildman–Crippen MR) is 78.8 cm³/mol. The maximum Gasteiger partial charge on any atom is 0.131 e. The lowest BCUT2D eigenvalue weighted by molar-refractivity contribution is 0.0202. The summed E-state index contributed by atoms with van der Waals surface area (Å²) in [5.41, 5.74) is 0.710. The number of hydrogen-bond acceptors (Lipinski definition) is 4. The van der Waals surface area contributed by atoms with Crippen molar-refractivity contribution in [3.63, 3.8) is 0 Å². The molecular formula is C16H23FN2O2. The van der Waals surface area contributed by atoms with Crippen LogP contribution >= 0.6 is 0 Å². The molecule has 0 spiro atoms. The van der Waals surface area contributed by atoms with Crippen molar-refractivity contribution in [2.24, 2.45) is 5.92 Å². The van der Waals surface area contributed by atoms with Crippen molar-refractivity contribution in [3.05, 3.63) is 29.6 Å². The zero-order valence-corrected chi connectivity index (χ0v) is 12.2. The molecule has 21 heavy (non-hydrogen) atoms. The molecule has 2 aliphatic heterocycles. The summed E-state index contributed by atoms with van der Waals surface area (Å²) in [5, 5.41) is 12.8. The minimum atomic E-state index is -0.301. The molecule has 2 heterocycles. The molecule has 0 bridgehead atoms. The maximum absolute atomic E-state index is 14.4. The Bertz CT molecular complexity index is 453. The molecular weight excluding hydrogens is 271 g/mol. The Labute approximate surface area is 124 Å². The Kier molecular flexibility index (Phi) is 4.73. The van der Waals surface area contributed by atoms with Gasteiger partial charge in [0.2, 0.25) is 0 Å². The van der Waals surface area contributed by atoms with E-state index in [-0.39, 0.29) is 17.6 Å². The Morgan fingerprint density at radius 1 is 1.24 bits per heavy atom. The van der Waals surface area contributed by atoms with Gasteiger partial charge in [-0.3, -0.25) is 4.90 Å². The highest BCUT2D eigenvalue weighted by molar-refractivity contribution is 5.30. The third-order valence-electron chi connectivity index (χ3n) is 4.56. The van der Waals surface area contributed by atoms with E-state index in [2.05, 4.69) is 10.2 Å². The standard InChI is InChI=1S/C16H23FN2O2/c17-15-11-13(20)1-2-14(15)16(12-3-9-21-10-4-12)19-7-5-18-6-8-19/h1-2,11-12,16,18,20H,3-10H2/t16-/m1/s1. The summed E-state index contributed by atoms with van der Waals surface area (Å²) >= 11 is 0. The summed E-state index contributed by atoms with van der Waals surface area (Å²) in [6.45, 7) is 5.27. The molecule has 2 fully saturated rings. The van der Waals surface area contributed by atoms with Crippen molar-refractivity contribution < 1.29 is 14.2 Å². The average Bonchev–Trinajstić information content (AvgIpc) is 2.52. The maximum atomic E-state index is 14.4. The van der Waals surface area contributed by atoms with Gasteiger partial charge in [-0.25, -0.2) is 4.39 Å². The van der Waals surface area contributed by atoms with Crippen LogP contribution in [0.2, 0.25) is 0 Å². The van der Waals surface area contributed by atoms with E-state index in [9.17, 15) is 9.50 Å². The van der Waals surface area contributed by atoms with E-state index in [0.29, 0.717) is 11.5 Å². The molecule has 3 rings (SSSR count). The van der Waals surface area contributed by atoms with E-state index in [1.165, 1.54) is 6.07 Å². The molecule has 116 valence electrons. The van der Waals surface area contributed by atoms with Gasteiger partial charge in [-0.15, -0.1) is 0 Å². The zero-order valence-electron chi connectivity index (χ0n) is 12.2. The first-order chi connectivity index (χ1) is 10.3. The highest BCUT2D eigenvalue weighted by atomic mass is 19.1. The van der Waals surface area contributed by atoms with Gasteiger partial charge in [0.15, 0.2) is 0 Å². The van der Waals surface area contributed by atoms with E-state index in [1.807, 2.05) is 0 Å². The number of halogens is 1. The van der Waals surface area contributed by atoms with Crippen LogP contribution in [0.4, 0.5) is 4.39 Å². The minimum absolute atomic E-state index is 0.0118. The normalized spacial score (nSPS) is 23.1. The van der Waals surface area contributed by atoms with Gasteiger partial charge in [0.1, 0.15) is 11.6 Å². The van der Waals surface area contributed by atoms with Gasteiger partial charge in [0.25, 0.3) is 0 Å². The lowest BCUT2D eigenvalue weighted by Crippen LogP contribution is -2.47. The number of nitrogens with zero attached hydrogens (tertiary/aromatic N) is 1. The molecule has 0 aliphatic carbocycles. The summed E-state index contributed by atoms with van der Waals surface area (Å²) in [6, 6.07) is 4.64. The molecule has 5 heteroatoms. The second-order valence-corrected chi connectivity index (χ2v) is 5.89. The number of nitrogens with one attached hydrogen (secondary N) is 1. The zero-order chi connectivity index (χ0) is 14.7. The van der Waals surface area contributed by atoms with E-state index in [4.69, 9.17) is 4.74 Å². The van der Waals surface area contributed by atoms with Crippen LogP contribution in [0.1, 0.15) is 24.4 Å². The van der Waals surface area contributed by atoms with Gasteiger partial charge in [-0.1, -0.05) is 6.07 Å². The molecule has 2 aliphatic rings. The lowest BCUT2D eigenvalue weighted by atomic mass is 9.85. The number of piperazine rings is 1. The first-order valence-corrected chi connectivity index (χ1v) is 7.76. The summed E-state index contributed by atoms with van der Waals surface area (Å²) in [4.78, 5) is 2.38. The van der Waals surface area contributed by atoms with Crippen LogP contribution in [0, 0.1) is 11.7 Å². The largest absolute Gasteiger partial charge is 0.508 e. The van der Waals surface area contributed by atoms with Gasteiger partial charge >= 0.3 is 0 Å². The Morgan fingerprint density at radius 3 is 2.62 bits per heavy atom. The number of phenols is 1. The molecule has 0 unspecified atom stereocenters. The summed E-state index contributed by atoms with van der Waals surface area (Å²) in [6.07, 6.45) is 1.93. The fourth-order valence-corrected chi connectivity index (χ4v) is 3.50. The molecule has 1 aromatic carbocycles. The highest BCUT2D eigenvalue weighted by Gasteiger charge is 2.32. The molecule has 0 radical (unpaired) electrons. The molecule has 0 saturated carbocycles. The van der Waals surface area contributed by atoms with Crippen molar-refractivity contribution in [1.29, 1.82) is 0 Å². The first kappa shape index (κ1) is 14.8. The fourth-order valence-electron chi connectivity index (χ4n) is 3.50. The third kappa shape index (κ3) is 3.36. The third-order valence-corrected chi connectivity index (χ3v) is 4.56. The number of aromatic hydroxyl groups is 1. The molecule has 2 N–H and O–H groups in total. The van der Waals surface area contributed by atoms with Crippen LogP contribution in [0.3, 0.4) is 0 Å². The van der Waals surface area contributed by atoms with Gasteiger partial charge in [0, 0.05) is 57.1 Å².